The zero-order valence-corrected chi connectivity index (χ0v) is 10.6. The van der Waals surface area contributed by atoms with Crippen LogP contribution in [-0.2, 0) is 0 Å². The molecule has 0 bridgehead atoms. The highest BCUT2D eigenvalue weighted by molar-refractivity contribution is 4.79. The Balaban J connectivity index is 2.05. The molecule has 2 heteroatoms. The fraction of sp³-hybridized carbons (Fsp3) is 1.00. The summed E-state index contributed by atoms with van der Waals surface area (Å²) in [5.74, 6) is 0. The molecule has 2 N–H and O–H groups in total. The summed E-state index contributed by atoms with van der Waals surface area (Å²) in [6.45, 7) is 9.57. The van der Waals surface area contributed by atoms with Crippen LogP contribution in [0.3, 0.4) is 0 Å². The summed E-state index contributed by atoms with van der Waals surface area (Å²) in [6.07, 6.45) is 8.01. The van der Waals surface area contributed by atoms with E-state index in [1.165, 1.54) is 58.2 Å². The molecule has 0 saturated carbocycles. The van der Waals surface area contributed by atoms with E-state index in [-0.39, 0.29) is 0 Å². The minimum atomic E-state index is 0.551. The normalized spacial score (nSPS) is 21.8. The summed E-state index contributed by atoms with van der Waals surface area (Å²) >= 11 is 0. The van der Waals surface area contributed by atoms with E-state index in [0.717, 1.165) is 6.54 Å². The Bertz CT molecular complexity index is 166. The van der Waals surface area contributed by atoms with E-state index in [1.807, 2.05) is 0 Å². The number of nitrogens with two attached hydrogens (primary N) is 1. The zero-order valence-electron chi connectivity index (χ0n) is 10.6. The molecule has 0 spiro atoms. The van der Waals surface area contributed by atoms with Crippen molar-refractivity contribution in [3.63, 3.8) is 0 Å². The van der Waals surface area contributed by atoms with Crippen molar-refractivity contribution >= 4 is 0 Å². The summed E-state index contributed by atoms with van der Waals surface area (Å²) in [5, 5.41) is 0. The van der Waals surface area contributed by atoms with E-state index in [4.69, 9.17) is 5.73 Å². The first-order valence-electron chi connectivity index (χ1n) is 6.56. The van der Waals surface area contributed by atoms with Gasteiger partial charge in [0.15, 0.2) is 0 Å². The second-order valence-electron chi connectivity index (χ2n) is 5.75. The molecule has 0 aliphatic carbocycles. The lowest BCUT2D eigenvalue weighted by Gasteiger charge is -2.38. The number of nitrogens with zero attached hydrogens (tertiary/aromatic N) is 1. The third-order valence-electron chi connectivity index (χ3n) is 3.41. The van der Waals surface area contributed by atoms with Crippen molar-refractivity contribution in [2.45, 2.75) is 52.4 Å². The van der Waals surface area contributed by atoms with Crippen molar-refractivity contribution in [3.8, 4) is 0 Å². The van der Waals surface area contributed by atoms with Gasteiger partial charge in [-0.1, -0.05) is 26.7 Å². The van der Waals surface area contributed by atoms with Crippen LogP contribution in [0.15, 0.2) is 0 Å². The van der Waals surface area contributed by atoms with Gasteiger partial charge in [0.05, 0.1) is 0 Å². The van der Waals surface area contributed by atoms with Gasteiger partial charge in [-0.05, 0) is 50.7 Å². The summed E-state index contributed by atoms with van der Waals surface area (Å²) in [4.78, 5) is 2.64. The van der Waals surface area contributed by atoms with Crippen LogP contribution >= 0.6 is 0 Å². The van der Waals surface area contributed by atoms with Gasteiger partial charge in [0.1, 0.15) is 0 Å². The molecule has 15 heavy (non-hydrogen) atoms. The maximum atomic E-state index is 5.48. The van der Waals surface area contributed by atoms with E-state index in [2.05, 4.69) is 18.7 Å². The predicted molar refractivity (Wildman–Crippen MR) is 67.0 cm³/mol. The van der Waals surface area contributed by atoms with Crippen LogP contribution in [0, 0.1) is 5.41 Å². The molecule has 90 valence electrons. The summed E-state index contributed by atoms with van der Waals surface area (Å²) < 4.78 is 0. The molecule has 0 amide bonds. The molecule has 1 fully saturated rings. The van der Waals surface area contributed by atoms with E-state index in [0.29, 0.717) is 5.41 Å². The highest BCUT2D eigenvalue weighted by Gasteiger charge is 2.25. The standard InChI is InChI=1S/C13H28N2/c1-13(2)8-7-11-15(12-13)10-6-4-3-5-9-14/h3-12,14H2,1-2H3. The predicted octanol–water partition coefficient (Wildman–Crippen LogP) is 2.63. The number of hydrogen-bond donors (Lipinski definition) is 1. The number of hydrogen-bond acceptors (Lipinski definition) is 2. The zero-order chi connectivity index (χ0) is 11.1. The quantitative estimate of drug-likeness (QED) is 0.686. The molecular formula is C13H28N2. The van der Waals surface area contributed by atoms with Crippen LogP contribution in [0.25, 0.3) is 0 Å². The van der Waals surface area contributed by atoms with Crippen molar-refractivity contribution in [1.82, 2.24) is 4.90 Å². The van der Waals surface area contributed by atoms with Crippen LogP contribution in [0.2, 0.25) is 0 Å². The Morgan fingerprint density at radius 1 is 1.13 bits per heavy atom. The molecule has 1 aliphatic rings. The van der Waals surface area contributed by atoms with Crippen LogP contribution in [-0.4, -0.2) is 31.1 Å². The first-order valence-corrected chi connectivity index (χ1v) is 6.56. The molecule has 1 rings (SSSR count). The molecule has 1 aliphatic heterocycles. The van der Waals surface area contributed by atoms with Gasteiger partial charge in [0.2, 0.25) is 0 Å². The van der Waals surface area contributed by atoms with Gasteiger partial charge in [0.25, 0.3) is 0 Å². The number of piperidine rings is 1. The van der Waals surface area contributed by atoms with Crippen molar-refractivity contribution < 1.29 is 0 Å². The minimum absolute atomic E-state index is 0.551. The molecular weight excluding hydrogens is 184 g/mol. The SMILES string of the molecule is CC1(C)CCCN(CCCCCCN)C1. The molecule has 0 aromatic rings. The minimum Gasteiger partial charge on any atom is -0.330 e. The molecule has 1 saturated heterocycles. The highest BCUT2D eigenvalue weighted by atomic mass is 15.1. The van der Waals surface area contributed by atoms with Crippen molar-refractivity contribution in [3.05, 3.63) is 0 Å². The first kappa shape index (κ1) is 13.0. The maximum Gasteiger partial charge on any atom is 0.00327 e. The van der Waals surface area contributed by atoms with Gasteiger partial charge in [0, 0.05) is 6.54 Å². The van der Waals surface area contributed by atoms with E-state index in [1.54, 1.807) is 0 Å². The molecule has 0 aromatic heterocycles. The first-order chi connectivity index (χ1) is 7.14. The van der Waals surface area contributed by atoms with Gasteiger partial charge in [-0.25, -0.2) is 0 Å². The average molecular weight is 212 g/mol. The molecule has 0 atom stereocenters. The molecule has 0 aromatic carbocycles. The molecule has 0 radical (unpaired) electrons. The molecule has 2 nitrogen and oxygen atoms in total. The van der Waals surface area contributed by atoms with Gasteiger partial charge >= 0.3 is 0 Å². The van der Waals surface area contributed by atoms with Crippen molar-refractivity contribution in [2.75, 3.05) is 26.2 Å². The lowest BCUT2D eigenvalue weighted by atomic mass is 9.84. The van der Waals surface area contributed by atoms with Crippen LogP contribution < -0.4 is 5.73 Å². The lowest BCUT2D eigenvalue weighted by Crippen LogP contribution is -2.40. The number of unbranched alkanes of at least 4 members (excludes halogenated alkanes) is 3. The monoisotopic (exact) mass is 212 g/mol. The van der Waals surface area contributed by atoms with Gasteiger partial charge in [-0.2, -0.15) is 0 Å². The third kappa shape index (κ3) is 5.53. The largest absolute Gasteiger partial charge is 0.330 e. The number of likely N-dealkylation sites (tertiary alicyclic amines) is 1. The summed E-state index contributed by atoms with van der Waals surface area (Å²) in [6, 6.07) is 0. The van der Waals surface area contributed by atoms with Crippen LogP contribution in [0.1, 0.15) is 52.4 Å². The van der Waals surface area contributed by atoms with Crippen molar-refractivity contribution in [1.29, 1.82) is 0 Å². The Hall–Kier alpha value is -0.0800. The topological polar surface area (TPSA) is 29.3 Å². The Labute approximate surface area is 95.2 Å². The number of rotatable bonds is 6. The van der Waals surface area contributed by atoms with Crippen molar-refractivity contribution in [2.24, 2.45) is 11.1 Å². The molecule has 0 unspecified atom stereocenters. The van der Waals surface area contributed by atoms with Gasteiger partial charge in [-0.3, -0.25) is 0 Å². The average Bonchev–Trinajstić information content (AvgIpc) is 2.16. The smallest absolute Gasteiger partial charge is 0.00327 e. The second-order valence-corrected chi connectivity index (χ2v) is 5.75. The fourth-order valence-corrected chi connectivity index (χ4v) is 2.57. The van der Waals surface area contributed by atoms with Crippen LogP contribution in [0.4, 0.5) is 0 Å². The summed E-state index contributed by atoms with van der Waals surface area (Å²) in [5.41, 5.74) is 6.03. The fourth-order valence-electron chi connectivity index (χ4n) is 2.57. The Morgan fingerprint density at radius 3 is 2.53 bits per heavy atom. The van der Waals surface area contributed by atoms with Gasteiger partial charge in [-0.15, -0.1) is 0 Å². The Kier molecular flexibility index (Phi) is 5.62. The van der Waals surface area contributed by atoms with Crippen LogP contribution in [0.5, 0.6) is 0 Å². The highest BCUT2D eigenvalue weighted by Crippen LogP contribution is 2.28. The Morgan fingerprint density at radius 2 is 1.87 bits per heavy atom. The van der Waals surface area contributed by atoms with E-state index >= 15 is 0 Å². The lowest BCUT2D eigenvalue weighted by molar-refractivity contribution is 0.116. The molecule has 1 heterocycles. The van der Waals surface area contributed by atoms with Gasteiger partial charge < -0.3 is 10.6 Å². The van der Waals surface area contributed by atoms with E-state index < -0.39 is 0 Å². The van der Waals surface area contributed by atoms with E-state index in [9.17, 15) is 0 Å². The second kappa shape index (κ2) is 6.49. The summed E-state index contributed by atoms with van der Waals surface area (Å²) in [7, 11) is 0. The third-order valence-corrected chi connectivity index (χ3v) is 3.41. The maximum absolute atomic E-state index is 5.48.